The first-order valence-electron chi connectivity index (χ1n) is 11.9. The molecule has 216 valence electrons. The Labute approximate surface area is 293 Å². The fourth-order valence-corrected chi connectivity index (χ4v) is 5.38. The van der Waals surface area contributed by atoms with E-state index in [2.05, 4.69) is 20.3 Å². The van der Waals surface area contributed by atoms with Crippen LogP contribution < -0.4 is 16.0 Å². The minimum Gasteiger partial charge on any atom is -0.397 e. The van der Waals surface area contributed by atoms with Crippen LogP contribution in [0.5, 0.6) is 0 Å². The molecule has 2 radical (unpaired) electrons. The predicted molar refractivity (Wildman–Crippen MR) is 166 cm³/mol. The molecule has 0 atom stereocenters. The summed E-state index contributed by atoms with van der Waals surface area (Å²) in [6.07, 6.45) is 2.50. The van der Waals surface area contributed by atoms with E-state index in [1.54, 1.807) is 36.2 Å². The van der Waals surface area contributed by atoms with Crippen LogP contribution in [0.25, 0.3) is 23.5 Å². The largest absolute Gasteiger partial charge is 0.397 e. The van der Waals surface area contributed by atoms with Gasteiger partial charge in [0.15, 0.2) is 5.82 Å². The molecule has 0 spiro atoms. The van der Waals surface area contributed by atoms with Crippen molar-refractivity contribution in [1.29, 1.82) is 0 Å². The van der Waals surface area contributed by atoms with Gasteiger partial charge in [0, 0.05) is 84.0 Å². The first-order chi connectivity index (χ1) is 19.4. The fraction of sp³-hybridized carbons (Fsp3) is 0.115. The van der Waals surface area contributed by atoms with Crippen LogP contribution in [0.1, 0.15) is 11.1 Å². The Morgan fingerprint density at radius 2 is 1.47 bits per heavy atom. The van der Waals surface area contributed by atoms with E-state index in [0.717, 1.165) is 0 Å². The number of aromatic nitrogens is 3. The minimum atomic E-state index is -4.91. The molecule has 13 nitrogen and oxygen atoms in total. The molecule has 0 amide bonds. The fourth-order valence-electron chi connectivity index (χ4n) is 3.88. The topological polar surface area (TPSA) is 209 Å². The van der Waals surface area contributed by atoms with Gasteiger partial charge in [-0.15, -0.1) is 0 Å². The van der Waals surface area contributed by atoms with Crippen LogP contribution >= 0.6 is 0 Å². The first-order valence-corrected chi connectivity index (χ1v) is 14.8. The van der Waals surface area contributed by atoms with E-state index >= 15 is 0 Å². The second kappa shape index (κ2) is 15.5. The molecular formula is C26H26N6Na2O7S2. The normalized spacial score (nSPS) is 11.4. The Hall–Kier alpha value is -2.41. The van der Waals surface area contributed by atoms with Crippen molar-refractivity contribution in [3.63, 3.8) is 0 Å². The number of nitrogens with two attached hydrogens (primary N) is 1. The number of nitrogens with one attached hydrogen (secondary N) is 1. The number of hydrogen-bond donors (Lipinski definition) is 5. The summed E-state index contributed by atoms with van der Waals surface area (Å²) in [4.78, 5) is 13.7. The van der Waals surface area contributed by atoms with Crippen LogP contribution in [0.2, 0.25) is 0 Å². The monoisotopic (exact) mass is 644 g/mol. The predicted octanol–water partition coefficient (Wildman–Crippen LogP) is 2.20. The summed E-state index contributed by atoms with van der Waals surface area (Å²) in [6.45, 7) is 0.00446. The van der Waals surface area contributed by atoms with E-state index in [1.165, 1.54) is 48.6 Å². The van der Waals surface area contributed by atoms with Gasteiger partial charge in [0.1, 0.15) is 9.79 Å². The molecule has 0 saturated carbocycles. The van der Waals surface area contributed by atoms with Crippen molar-refractivity contribution in [1.82, 2.24) is 15.0 Å². The van der Waals surface area contributed by atoms with Gasteiger partial charge in [0.2, 0.25) is 11.9 Å². The molecule has 0 aliphatic heterocycles. The van der Waals surface area contributed by atoms with Crippen LogP contribution in [-0.2, 0) is 20.2 Å². The van der Waals surface area contributed by atoms with Crippen molar-refractivity contribution in [3.05, 3.63) is 77.9 Å². The zero-order valence-corrected chi connectivity index (χ0v) is 29.2. The van der Waals surface area contributed by atoms with Gasteiger partial charge in [0.05, 0.1) is 12.3 Å². The van der Waals surface area contributed by atoms with Gasteiger partial charge in [-0.1, -0.05) is 54.6 Å². The number of rotatable bonds is 10. The summed E-state index contributed by atoms with van der Waals surface area (Å²) >= 11 is 0. The molecule has 4 aromatic rings. The van der Waals surface area contributed by atoms with Gasteiger partial charge in [-0.05, 0) is 35.4 Å². The number of benzene rings is 3. The number of nitrogen functional groups attached to an aromatic ring is 1. The molecule has 0 aliphatic rings. The average molecular weight is 645 g/mol. The molecule has 3 aromatic carbocycles. The molecule has 4 rings (SSSR count). The maximum absolute atomic E-state index is 12.5. The van der Waals surface area contributed by atoms with Gasteiger partial charge in [-0.3, -0.25) is 9.11 Å². The SMILES string of the molecule is CN(CCO)c1nc(Nc2ccccc2)nc(-c2ccc(C=Cc3ccccc3S(=O)(=O)O)c(S(=O)(=O)O)c2N)n1.[Na].[Na]. The number of aliphatic hydroxyl groups excluding tert-OH is 1. The summed E-state index contributed by atoms with van der Waals surface area (Å²) in [5.74, 6) is 0.244. The number of likely N-dealkylation sites (N-methyl/N-ethyl adjacent to an activating group) is 1. The zero-order valence-electron chi connectivity index (χ0n) is 23.6. The van der Waals surface area contributed by atoms with E-state index in [1.807, 2.05) is 6.07 Å². The van der Waals surface area contributed by atoms with Crippen LogP contribution in [0, 0.1) is 0 Å². The number of anilines is 4. The van der Waals surface area contributed by atoms with E-state index in [0.29, 0.717) is 5.69 Å². The molecule has 17 heteroatoms. The maximum Gasteiger partial charge on any atom is 0.297 e. The Morgan fingerprint density at radius 1 is 0.837 bits per heavy atom. The molecule has 0 unspecified atom stereocenters. The number of nitrogens with zero attached hydrogens (tertiary/aromatic N) is 4. The second-order valence-corrected chi connectivity index (χ2v) is 11.4. The third kappa shape index (κ3) is 9.29. The van der Waals surface area contributed by atoms with Gasteiger partial charge < -0.3 is 21.1 Å². The first kappa shape index (κ1) is 36.8. The van der Waals surface area contributed by atoms with Gasteiger partial charge in [-0.25, -0.2) is 0 Å². The average Bonchev–Trinajstić information content (AvgIpc) is 2.91. The minimum absolute atomic E-state index is 0. The molecule has 0 fully saturated rings. The third-order valence-electron chi connectivity index (χ3n) is 5.80. The summed E-state index contributed by atoms with van der Waals surface area (Å²) in [5, 5.41) is 12.4. The van der Waals surface area contributed by atoms with Crippen molar-refractivity contribution in [2.45, 2.75) is 9.79 Å². The number of aliphatic hydroxyl groups is 1. The Morgan fingerprint density at radius 3 is 2.09 bits per heavy atom. The summed E-state index contributed by atoms with van der Waals surface area (Å²) < 4.78 is 68.0. The molecule has 43 heavy (non-hydrogen) atoms. The van der Waals surface area contributed by atoms with Crippen molar-refractivity contribution >= 4 is 115 Å². The third-order valence-corrected chi connectivity index (χ3v) is 7.69. The van der Waals surface area contributed by atoms with Gasteiger partial charge >= 0.3 is 0 Å². The molecular weight excluding hydrogens is 618 g/mol. The summed E-state index contributed by atoms with van der Waals surface area (Å²) in [6, 6.07) is 17.3. The van der Waals surface area contributed by atoms with Crippen molar-refractivity contribution in [2.75, 3.05) is 36.1 Å². The van der Waals surface area contributed by atoms with Crippen LogP contribution in [0.3, 0.4) is 0 Å². The molecule has 0 saturated heterocycles. The van der Waals surface area contributed by atoms with Crippen LogP contribution in [0.15, 0.2) is 76.5 Å². The summed E-state index contributed by atoms with van der Waals surface area (Å²) in [7, 11) is -7.82. The molecule has 0 aliphatic carbocycles. The van der Waals surface area contributed by atoms with Crippen molar-refractivity contribution < 1.29 is 31.0 Å². The molecule has 6 N–H and O–H groups in total. The molecule has 1 heterocycles. The Balaban J connectivity index is 0.00000323. The van der Waals surface area contributed by atoms with Gasteiger partial charge in [-0.2, -0.15) is 31.8 Å². The van der Waals surface area contributed by atoms with E-state index in [-0.39, 0.29) is 112 Å². The number of para-hydroxylation sites is 1. The van der Waals surface area contributed by atoms with Crippen molar-refractivity contribution in [3.8, 4) is 11.4 Å². The second-order valence-electron chi connectivity index (χ2n) is 8.69. The Bertz CT molecular complexity index is 1830. The van der Waals surface area contributed by atoms with Crippen LogP contribution in [-0.4, -0.2) is 125 Å². The summed E-state index contributed by atoms with van der Waals surface area (Å²) in [5.41, 5.74) is 6.64. The van der Waals surface area contributed by atoms with E-state index in [4.69, 9.17) is 5.73 Å². The molecule has 1 aromatic heterocycles. The van der Waals surface area contributed by atoms with Gasteiger partial charge in [0.25, 0.3) is 20.2 Å². The maximum atomic E-state index is 12.5. The van der Waals surface area contributed by atoms with Crippen molar-refractivity contribution in [2.24, 2.45) is 0 Å². The zero-order chi connectivity index (χ0) is 29.8. The Kier molecular flexibility index (Phi) is 13.3. The standard InChI is InChI=1S/C26H26N6O7S2.2Na/c1-32(15-16-33)26-30-24(29-25(31-26)28-19-8-3-2-4-9-19)20-14-13-18(23(22(20)27)41(37,38)39)12-11-17-7-5-6-10-21(17)40(34,35)36;;/h2-14,33H,15-16,27H2,1H3,(H,34,35,36)(H,37,38,39)(H,28,29,30,31);;. The smallest absolute Gasteiger partial charge is 0.297 e. The number of hydrogen-bond acceptors (Lipinski definition) is 11. The van der Waals surface area contributed by atoms with E-state index in [9.17, 15) is 31.0 Å². The van der Waals surface area contributed by atoms with E-state index < -0.39 is 30.0 Å². The van der Waals surface area contributed by atoms with Crippen LogP contribution in [0.4, 0.5) is 23.3 Å². The molecule has 0 bridgehead atoms. The quantitative estimate of drug-likeness (QED) is 0.0727.